The largest absolute Gasteiger partial charge is 0.491 e. The number of nitrogens with one attached hydrogen (secondary N) is 1. The highest BCUT2D eigenvalue weighted by Crippen LogP contribution is 2.25. The topological polar surface area (TPSA) is 67.9 Å². The molecular weight excluding hydrogens is 284 g/mol. The van der Waals surface area contributed by atoms with Crippen LogP contribution in [0.15, 0.2) is 23.5 Å². The van der Waals surface area contributed by atoms with Crippen LogP contribution >= 0.6 is 0 Å². The van der Waals surface area contributed by atoms with Crippen LogP contribution < -0.4 is 5.32 Å². The predicted octanol–water partition coefficient (Wildman–Crippen LogP) is 0.989. The molecule has 122 valence electrons. The molecule has 0 spiro atoms. The second-order valence-corrected chi connectivity index (χ2v) is 5.99. The third-order valence-electron chi connectivity index (χ3n) is 3.95. The van der Waals surface area contributed by atoms with E-state index in [4.69, 9.17) is 9.47 Å². The fourth-order valence-corrected chi connectivity index (χ4v) is 2.72. The third-order valence-corrected chi connectivity index (χ3v) is 3.95. The molecule has 1 saturated heterocycles. The molecule has 0 bridgehead atoms. The van der Waals surface area contributed by atoms with Gasteiger partial charge >= 0.3 is 5.97 Å². The number of nitrogens with zero attached hydrogens (tertiary/aromatic N) is 1. The Morgan fingerprint density at radius 2 is 2.27 bits per heavy atom. The Kier molecular flexibility index (Phi) is 4.90. The number of fused-ring (bicyclic) bond motifs is 1. The Labute approximate surface area is 131 Å². The van der Waals surface area contributed by atoms with Gasteiger partial charge in [0.05, 0.1) is 19.2 Å². The number of likely N-dealkylation sites (N-methyl/N-ethyl adjacent to an activating group) is 1. The van der Waals surface area contributed by atoms with Gasteiger partial charge in [-0.05, 0) is 33.3 Å². The van der Waals surface area contributed by atoms with E-state index in [9.17, 15) is 9.59 Å². The number of amides is 1. The summed E-state index contributed by atoms with van der Waals surface area (Å²) in [4.78, 5) is 25.9. The second kappa shape index (κ2) is 6.52. The van der Waals surface area contributed by atoms with E-state index >= 15 is 0 Å². The zero-order chi connectivity index (χ0) is 16.3. The van der Waals surface area contributed by atoms with Gasteiger partial charge in [-0.1, -0.05) is 6.08 Å². The summed E-state index contributed by atoms with van der Waals surface area (Å²) in [6, 6.07) is -0.0752. The molecule has 1 fully saturated rings. The molecule has 2 aliphatic rings. The minimum Gasteiger partial charge on any atom is -0.491 e. The van der Waals surface area contributed by atoms with Crippen molar-refractivity contribution in [1.29, 1.82) is 0 Å². The van der Waals surface area contributed by atoms with Crippen LogP contribution in [0.3, 0.4) is 0 Å². The van der Waals surface area contributed by atoms with Crippen LogP contribution in [0.25, 0.3) is 0 Å². The molecule has 22 heavy (non-hydrogen) atoms. The van der Waals surface area contributed by atoms with E-state index in [1.165, 1.54) is 7.11 Å². The Hall–Kier alpha value is -1.82. The molecule has 0 aromatic heterocycles. The van der Waals surface area contributed by atoms with Crippen molar-refractivity contribution in [2.75, 3.05) is 26.8 Å². The van der Waals surface area contributed by atoms with Gasteiger partial charge in [-0.25, -0.2) is 0 Å². The van der Waals surface area contributed by atoms with Gasteiger partial charge in [0.25, 0.3) is 5.91 Å². The molecule has 1 N–H and O–H groups in total. The molecule has 0 saturated carbocycles. The molecular formula is C16H24N2O4. The minimum absolute atomic E-state index is 0.0110. The van der Waals surface area contributed by atoms with Gasteiger partial charge in [0.15, 0.2) is 0 Å². The molecule has 6 nitrogen and oxygen atoms in total. The SMILES string of the molecule is CCN1CCOC2=CC(NC(C)(C)C(=O)OC)CC=C2C1=O. The maximum absolute atomic E-state index is 12.4. The molecule has 1 unspecified atom stereocenters. The second-order valence-electron chi connectivity index (χ2n) is 5.99. The first-order chi connectivity index (χ1) is 10.4. The van der Waals surface area contributed by atoms with E-state index in [1.54, 1.807) is 18.7 Å². The van der Waals surface area contributed by atoms with Crippen LogP contribution in [0.4, 0.5) is 0 Å². The Balaban J connectivity index is 2.13. The van der Waals surface area contributed by atoms with Crippen LogP contribution in [-0.4, -0.2) is 55.2 Å². The molecule has 6 heteroatoms. The Morgan fingerprint density at radius 3 is 2.91 bits per heavy atom. The summed E-state index contributed by atoms with van der Waals surface area (Å²) in [7, 11) is 1.37. The van der Waals surface area contributed by atoms with E-state index in [1.807, 2.05) is 19.1 Å². The minimum atomic E-state index is -0.800. The third kappa shape index (κ3) is 3.32. The highest BCUT2D eigenvalue weighted by atomic mass is 16.5. The maximum Gasteiger partial charge on any atom is 0.325 e. The molecule has 1 amide bonds. The van der Waals surface area contributed by atoms with Crippen molar-refractivity contribution in [3.63, 3.8) is 0 Å². The maximum atomic E-state index is 12.4. The van der Waals surface area contributed by atoms with Crippen molar-refractivity contribution >= 4 is 11.9 Å². The van der Waals surface area contributed by atoms with Crippen molar-refractivity contribution in [3.05, 3.63) is 23.5 Å². The van der Waals surface area contributed by atoms with Crippen LogP contribution in [0.5, 0.6) is 0 Å². The average molecular weight is 308 g/mol. The number of rotatable bonds is 4. The van der Waals surface area contributed by atoms with Crippen molar-refractivity contribution in [1.82, 2.24) is 10.2 Å². The summed E-state index contributed by atoms with van der Waals surface area (Å²) < 4.78 is 10.5. The van der Waals surface area contributed by atoms with Crippen molar-refractivity contribution in [2.45, 2.75) is 38.8 Å². The highest BCUT2D eigenvalue weighted by Gasteiger charge is 2.33. The number of esters is 1. The van der Waals surface area contributed by atoms with Crippen molar-refractivity contribution in [2.24, 2.45) is 0 Å². The van der Waals surface area contributed by atoms with E-state index in [2.05, 4.69) is 5.32 Å². The first-order valence-corrected chi connectivity index (χ1v) is 7.59. The van der Waals surface area contributed by atoms with Crippen LogP contribution in [0, 0.1) is 0 Å². The van der Waals surface area contributed by atoms with Gasteiger partial charge in [0.2, 0.25) is 0 Å². The summed E-state index contributed by atoms with van der Waals surface area (Å²) in [6.45, 7) is 7.25. The molecule has 1 atom stereocenters. The zero-order valence-corrected chi connectivity index (χ0v) is 13.6. The van der Waals surface area contributed by atoms with E-state index in [0.29, 0.717) is 37.4 Å². The normalized spacial score (nSPS) is 22.1. The van der Waals surface area contributed by atoms with E-state index < -0.39 is 5.54 Å². The number of hydrogen-bond acceptors (Lipinski definition) is 5. The summed E-state index contributed by atoms with van der Waals surface area (Å²) in [5, 5.41) is 3.24. The number of carbonyl (C=O) groups is 2. The Morgan fingerprint density at radius 1 is 1.55 bits per heavy atom. The number of hydrogen-bond donors (Lipinski definition) is 1. The number of methoxy groups -OCH3 is 1. The van der Waals surface area contributed by atoms with Gasteiger partial charge in [-0.2, -0.15) is 0 Å². The van der Waals surface area contributed by atoms with Gasteiger partial charge in [-0.15, -0.1) is 0 Å². The zero-order valence-electron chi connectivity index (χ0n) is 13.6. The predicted molar refractivity (Wildman–Crippen MR) is 82.0 cm³/mol. The molecule has 0 aromatic carbocycles. The van der Waals surface area contributed by atoms with Crippen LogP contribution in [0.1, 0.15) is 27.2 Å². The monoisotopic (exact) mass is 308 g/mol. The highest BCUT2D eigenvalue weighted by molar-refractivity contribution is 5.97. The molecule has 1 aliphatic heterocycles. The van der Waals surface area contributed by atoms with Crippen LogP contribution in [0.2, 0.25) is 0 Å². The number of ether oxygens (including phenoxy) is 2. The van der Waals surface area contributed by atoms with E-state index in [0.717, 1.165) is 0 Å². The lowest BCUT2D eigenvalue weighted by Gasteiger charge is -2.29. The van der Waals surface area contributed by atoms with Crippen LogP contribution in [-0.2, 0) is 19.1 Å². The van der Waals surface area contributed by atoms with Gasteiger partial charge in [0.1, 0.15) is 17.9 Å². The first kappa shape index (κ1) is 16.5. The fraction of sp³-hybridized carbons (Fsp3) is 0.625. The fourth-order valence-electron chi connectivity index (χ4n) is 2.72. The quantitative estimate of drug-likeness (QED) is 0.785. The van der Waals surface area contributed by atoms with Gasteiger partial charge in [-0.3, -0.25) is 14.9 Å². The lowest BCUT2D eigenvalue weighted by molar-refractivity contribution is -0.147. The molecule has 0 radical (unpaired) electrons. The summed E-state index contributed by atoms with van der Waals surface area (Å²) in [5.41, 5.74) is -0.181. The molecule has 2 rings (SSSR count). The molecule has 1 aliphatic carbocycles. The summed E-state index contributed by atoms with van der Waals surface area (Å²) in [6.07, 6.45) is 4.40. The molecule has 1 heterocycles. The number of carbonyl (C=O) groups excluding carboxylic acids is 2. The average Bonchev–Trinajstić information content (AvgIpc) is 2.64. The summed E-state index contributed by atoms with van der Waals surface area (Å²) in [5.74, 6) is 0.290. The first-order valence-electron chi connectivity index (χ1n) is 7.59. The van der Waals surface area contributed by atoms with E-state index in [-0.39, 0.29) is 17.9 Å². The smallest absolute Gasteiger partial charge is 0.325 e. The molecule has 0 aromatic rings. The van der Waals surface area contributed by atoms with Gasteiger partial charge in [0, 0.05) is 12.6 Å². The van der Waals surface area contributed by atoms with Crippen molar-refractivity contribution in [3.8, 4) is 0 Å². The summed E-state index contributed by atoms with van der Waals surface area (Å²) >= 11 is 0. The van der Waals surface area contributed by atoms with Crippen molar-refractivity contribution < 1.29 is 19.1 Å². The lowest BCUT2D eigenvalue weighted by atomic mass is 9.96. The lowest BCUT2D eigenvalue weighted by Crippen LogP contribution is -2.52. The van der Waals surface area contributed by atoms with Gasteiger partial charge < -0.3 is 14.4 Å². The Bertz CT molecular complexity index is 522. The standard InChI is InChI=1S/C16H24N2O4/c1-5-18-8-9-22-13-10-11(6-7-12(13)14(18)19)17-16(2,3)15(20)21-4/h7,10-11,17H,5-6,8-9H2,1-4H3.